The summed E-state index contributed by atoms with van der Waals surface area (Å²) in [5.74, 6) is 0.311. The lowest BCUT2D eigenvalue weighted by atomic mass is 9.94. The summed E-state index contributed by atoms with van der Waals surface area (Å²) in [6, 6.07) is 9.58. The van der Waals surface area contributed by atoms with Crippen LogP contribution in [-0.2, 0) is 11.8 Å². The summed E-state index contributed by atoms with van der Waals surface area (Å²) in [5.41, 5.74) is 8.52. The fourth-order valence-corrected chi connectivity index (χ4v) is 3.29. The fraction of sp³-hybridized carbons (Fsp3) is 0.444. The number of amides is 1. The molecule has 1 amide bonds. The zero-order chi connectivity index (χ0) is 16.4. The number of aromatic nitrogens is 2. The van der Waals surface area contributed by atoms with Gasteiger partial charge in [-0.15, -0.1) is 0 Å². The molecule has 1 fully saturated rings. The predicted molar refractivity (Wildman–Crippen MR) is 89.7 cm³/mol. The Morgan fingerprint density at radius 1 is 1.35 bits per heavy atom. The summed E-state index contributed by atoms with van der Waals surface area (Å²) in [6.45, 7) is 3.48. The zero-order valence-electron chi connectivity index (χ0n) is 13.7. The smallest absolute Gasteiger partial charge is 0.227 e. The molecule has 5 heteroatoms. The first-order chi connectivity index (χ1) is 11.1. The summed E-state index contributed by atoms with van der Waals surface area (Å²) < 4.78 is 1.81. The Bertz CT molecular complexity index is 667. The van der Waals surface area contributed by atoms with Crippen LogP contribution >= 0.6 is 0 Å². The number of carbonyl (C=O) groups excluding carboxylic acids is 1. The summed E-state index contributed by atoms with van der Waals surface area (Å²) in [5, 5.41) is 4.23. The third kappa shape index (κ3) is 3.29. The van der Waals surface area contributed by atoms with E-state index >= 15 is 0 Å². The quantitative estimate of drug-likeness (QED) is 0.940. The molecule has 0 spiro atoms. The van der Waals surface area contributed by atoms with Crippen molar-refractivity contribution in [3.8, 4) is 0 Å². The Balaban J connectivity index is 1.64. The molecule has 122 valence electrons. The second-order valence-electron chi connectivity index (χ2n) is 6.44. The van der Waals surface area contributed by atoms with Crippen LogP contribution in [-0.4, -0.2) is 33.7 Å². The molecule has 2 N–H and O–H groups in total. The highest BCUT2D eigenvalue weighted by molar-refractivity contribution is 5.79. The Hall–Kier alpha value is -2.14. The zero-order valence-corrected chi connectivity index (χ0v) is 13.7. The molecule has 0 aliphatic carbocycles. The molecule has 0 saturated carbocycles. The predicted octanol–water partition coefficient (Wildman–Crippen LogP) is 2.07. The highest BCUT2D eigenvalue weighted by atomic mass is 16.2. The van der Waals surface area contributed by atoms with E-state index in [2.05, 4.69) is 5.10 Å². The molecule has 0 bridgehead atoms. The monoisotopic (exact) mass is 312 g/mol. The van der Waals surface area contributed by atoms with Gasteiger partial charge in [-0.25, -0.2) is 0 Å². The third-order valence-electron chi connectivity index (χ3n) is 4.81. The van der Waals surface area contributed by atoms with Crippen LogP contribution in [0.5, 0.6) is 0 Å². The average molecular weight is 312 g/mol. The van der Waals surface area contributed by atoms with Crippen LogP contribution in [0.4, 0.5) is 0 Å². The number of hydrogen-bond donors (Lipinski definition) is 1. The first-order valence-electron chi connectivity index (χ1n) is 8.14. The largest absolute Gasteiger partial charge is 0.342 e. The van der Waals surface area contributed by atoms with Gasteiger partial charge < -0.3 is 10.6 Å². The van der Waals surface area contributed by atoms with Crippen LogP contribution in [0, 0.1) is 5.92 Å². The molecular weight excluding hydrogens is 288 g/mol. The molecule has 1 aromatic heterocycles. The van der Waals surface area contributed by atoms with E-state index in [1.807, 2.05) is 66.3 Å². The minimum absolute atomic E-state index is 0.146. The first kappa shape index (κ1) is 15.7. The average Bonchev–Trinajstić information content (AvgIpc) is 3.22. The summed E-state index contributed by atoms with van der Waals surface area (Å²) >= 11 is 0. The van der Waals surface area contributed by atoms with Crippen LogP contribution in [0.1, 0.15) is 36.4 Å². The molecule has 3 unspecified atom stereocenters. The van der Waals surface area contributed by atoms with Crippen molar-refractivity contribution in [2.45, 2.75) is 25.3 Å². The number of carbonyl (C=O) groups is 1. The van der Waals surface area contributed by atoms with E-state index in [0.29, 0.717) is 5.92 Å². The third-order valence-corrected chi connectivity index (χ3v) is 4.81. The fourth-order valence-electron chi connectivity index (χ4n) is 3.29. The van der Waals surface area contributed by atoms with Gasteiger partial charge in [0.15, 0.2) is 0 Å². The number of hydrogen-bond acceptors (Lipinski definition) is 3. The molecule has 0 radical (unpaired) electrons. The van der Waals surface area contributed by atoms with E-state index in [1.54, 1.807) is 0 Å². The Morgan fingerprint density at radius 3 is 2.74 bits per heavy atom. The lowest BCUT2D eigenvalue weighted by molar-refractivity contribution is -0.134. The molecule has 2 aromatic rings. The van der Waals surface area contributed by atoms with Gasteiger partial charge in [-0.2, -0.15) is 5.10 Å². The van der Waals surface area contributed by atoms with E-state index in [-0.39, 0.29) is 17.9 Å². The van der Waals surface area contributed by atoms with Gasteiger partial charge in [0.1, 0.15) is 0 Å². The molecule has 1 aliphatic rings. The van der Waals surface area contributed by atoms with Gasteiger partial charge in [0, 0.05) is 38.3 Å². The minimum Gasteiger partial charge on any atom is -0.342 e. The molecule has 5 nitrogen and oxygen atoms in total. The number of nitrogens with two attached hydrogens (primary N) is 1. The molecule has 3 rings (SSSR count). The highest BCUT2D eigenvalue weighted by Crippen LogP contribution is 2.29. The van der Waals surface area contributed by atoms with Gasteiger partial charge in [0.2, 0.25) is 5.91 Å². The van der Waals surface area contributed by atoms with Gasteiger partial charge >= 0.3 is 0 Å². The molecule has 23 heavy (non-hydrogen) atoms. The van der Waals surface area contributed by atoms with Crippen LogP contribution in [0.2, 0.25) is 0 Å². The number of likely N-dealkylation sites (tertiary alicyclic amines) is 1. The number of benzene rings is 1. The SMILES string of the molecule is CC(C(=O)N1CCC(c2cnn(C)c2)C1)C(N)c1ccccc1. The summed E-state index contributed by atoms with van der Waals surface area (Å²) in [6.07, 6.45) is 4.93. The van der Waals surface area contributed by atoms with Crippen molar-refractivity contribution in [2.75, 3.05) is 13.1 Å². The lowest BCUT2D eigenvalue weighted by Gasteiger charge is -2.25. The van der Waals surface area contributed by atoms with E-state index in [1.165, 1.54) is 5.56 Å². The van der Waals surface area contributed by atoms with Crippen LogP contribution in [0.25, 0.3) is 0 Å². The van der Waals surface area contributed by atoms with Gasteiger partial charge in [0.25, 0.3) is 0 Å². The number of rotatable bonds is 4. The minimum atomic E-state index is -0.263. The molecule has 3 atom stereocenters. The molecule has 2 heterocycles. The van der Waals surface area contributed by atoms with Crippen molar-refractivity contribution in [2.24, 2.45) is 18.7 Å². The van der Waals surface area contributed by atoms with E-state index in [9.17, 15) is 4.79 Å². The first-order valence-corrected chi connectivity index (χ1v) is 8.14. The molecular formula is C18H24N4O. The normalized spacial score (nSPS) is 20.5. The Kier molecular flexibility index (Phi) is 4.48. The summed E-state index contributed by atoms with van der Waals surface area (Å²) in [7, 11) is 1.92. The standard InChI is InChI=1S/C18H24N4O/c1-13(17(19)14-6-4-3-5-7-14)18(23)22-9-8-15(12-22)16-10-20-21(2)11-16/h3-7,10-11,13,15,17H,8-9,12,19H2,1-2H3. The molecule has 1 aliphatic heterocycles. The Morgan fingerprint density at radius 2 is 2.09 bits per heavy atom. The van der Waals surface area contributed by atoms with Crippen molar-refractivity contribution in [1.82, 2.24) is 14.7 Å². The van der Waals surface area contributed by atoms with Crippen molar-refractivity contribution in [3.05, 3.63) is 53.9 Å². The van der Waals surface area contributed by atoms with Crippen molar-refractivity contribution >= 4 is 5.91 Å². The maximum Gasteiger partial charge on any atom is 0.227 e. The second kappa shape index (κ2) is 6.54. The van der Waals surface area contributed by atoms with Gasteiger partial charge in [-0.05, 0) is 17.5 Å². The van der Waals surface area contributed by atoms with Crippen LogP contribution in [0.3, 0.4) is 0 Å². The van der Waals surface area contributed by atoms with Crippen molar-refractivity contribution in [1.29, 1.82) is 0 Å². The van der Waals surface area contributed by atoms with Crippen LogP contribution < -0.4 is 5.73 Å². The van der Waals surface area contributed by atoms with Gasteiger partial charge in [0.05, 0.1) is 12.1 Å². The maximum absolute atomic E-state index is 12.8. The number of nitrogens with zero attached hydrogens (tertiary/aromatic N) is 3. The Labute approximate surface area is 137 Å². The van der Waals surface area contributed by atoms with Crippen LogP contribution in [0.15, 0.2) is 42.7 Å². The van der Waals surface area contributed by atoms with Crippen molar-refractivity contribution in [3.63, 3.8) is 0 Å². The highest BCUT2D eigenvalue weighted by Gasteiger charge is 2.32. The lowest BCUT2D eigenvalue weighted by Crippen LogP contribution is -2.38. The topological polar surface area (TPSA) is 64.2 Å². The number of aryl methyl sites for hydroxylation is 1. The van der Waals surface area contributed by atoms with Crippen molar-refractivity contribution < 1.29 is 4.79 Å². The second-order valence-corrected chi connectivity index (χ2v) is 6.44. The molecule has 1 aromatic carbocycles. The van der Waals surface area contributed by atoms with Gasteiger partial charge in [-0.1, -0.05) is 37.3 Å². The van der Waals surface area contributed by atoms with E-state index < -0.39 is 0 Å². The summed E-state index contributed by atoms with van der Waals surface area (Å²) in [4.78, 5) is 14.7. The molecule has 1 saturated heterocycles. The maximum atomic E-state index is 12.8. The van der Waals surface area contributed by atoms with E-state index in [4.69, 9.17) is 5.73 Å². The van der Waals surface area contributed by atoms with E-state index in [0.717, 1.165) is 25.1 Å². The van der Waals surface area contributed by atoms with Gasteiger partial charge in [-0.3, -0.25) is 9.48 Å².